The highest BCUT2D eigenvalue weighted by Crippen LogP contribution is 2.24. The molecule has 0 unspecified atom stereocenters. The Bertz CT molecular complexity index is 1420. The van der Waals surface area contributed by atoms with E-state index in [1.807, 2.05) is 24.3 Å². The molecule has 4 rings (SSSR count). The highest BCUT2D eigenvalue weighted by Gasteiger charge is 2.31. The van der Waals surface area contributed by atoms with Gasteiger partial charge in [0.25, 0.3) is 0 Å². The lowest BCUT2D eigenvalue weighted by molar-refractivity contribution is -0.156. The van der Waals surface area contributed by atoms with Gasteiger partial charge in [0, 0.05) is 17.7 Å². The minimum Gasteiger partial charge on any atom is -0.494 e. The first-order valence-corrected chi connectivity index (χ1v) is 12.3. The van der Waals surface area contributed by atoms with Crippen molar-refractivity contribution in [1.82, 2.24) is 4.57 Å². The number of aryl methyl sites for hydroxylation is 1. The van der Waals surface area contributed by atoms with Gasteiger partial charge in [-0.05, 0) is 62.7 Å². The number of nitrogens with zero attached hydrogens (tertiary/aromatic N) is 1. The highest BCUT2D eigenvalue weighted by molar-refractivity contribution is 7.16. The van der Waals surface area contributed by atoms with Gasteiger partial charge in [-0.25, -0.2) is 4.79 Å². The van der Waals surface area contributed by atoms with Gasteiger partial charge >= 0.3 is 10.8 Å². The number of ketones is 1. The zero-order valence-corrected chi connectivity index (χ0v) is 21.2. The third kappa shape index (κ3) is 5.66. The van der Waals surface area contributed by atoms with E-state index in [1.54, 1.807) is 66.9 Å². The molecular weight excluding hydrogens is 478 g/mol. The molecule has 0 saturated heterocycles. The number of fused-ring (bicyclic) bond motifs is 1. The first-order valence-electron chi connectivity index (χ1n) is 11.5. The second kappa shape index (κ2) is 10.8. The van der Waals surface area contributed by atoms with Crippen LogP contribution in [0, 0.1) is 0 Å². The van der Waals surface area contributed by atoms with E-state index in [4.69, 9.17) is 14.2 Å². The van der Waals surface area contributed by atoms with E-state index in [0.29, 0.717) is 42.2 Å². The van der Waals surface area contributed by atoms with Crippen LogP contribution in [0.15, 0.2) is 77.6 Å². The lowest BCUT2D eigenvalue weighted by Gasteiger charge is -2.23. The molecule has 0 amide bonds. The molecule has 0 N–H and O–H groups in total. The van der Waals surface area contributed by atoms with Gasteiger partial charge in [0.2, 0.25) is 0 Å². The molecule has 1 aromatic heterocycles. The lowest BCUT2D eigenvalue weighted by Crippen LogP contribution is -2.39. The van der Waals surface area contributed by atoms with Crippen LogP contribution in [0.1, 0.15) is 36.2 Å². The van der Waals surface area contributed by atoms with Gasteiger partial charge in [0.05, 0.1) is 23.9 Å². The monoisotopic (exact) mass is 505 g/mol. The van der Waals surface area contributed by atoms with Crippen molar-refractivity contribution in [3.05, 3.63) is 93.6 Å². The van der Waals surface area contributed by atoms with Crippen molar-refractivity contribution >= 4 is 33.3 Å². The van der Waals surface area contributed by atoms with E-state index in [2.05, 4.69) is 0 Å². The number of thiazole rings is 1. The molecule has 0 saturated carbocycles. The normalized spacial score (nSPS) is 11.3. The molecular formula is C28H27NO6S. The highest BCUT2D eigenvalue weighted by atomic mass is 32.1. The number of hydrogen-bond donors (Lipinski definition) is 0. The third-order valence-electron chi connectivity index (χ3n) is 5.63. The molecule has 0 bridgehead atoms. The summed E-state index contributed by atoms with van der Waals surface area (Å²) in [5, 5.41) is 0. The van der Waals surface area contributed by atoms with E-state index >= 15 is 0 Å². The molecule has 186 valence electrons. The molecule has 0 aliphatic heterocycles. The van der Waals surface area contributed by atoms with Crippen molar-refractivity contribution < 1.29 is 23.8 Å². The second-order valence-corrected chi connectivity index (χ2v) is 9.67. The maximum atomic E-state index is 12.7. The van der Waals surface area contributed by atoms with Gasteiger partial charge in [0.1, 0.15) is 11.5 Å². The number of rotatable bonds is 10. The molecule has 0 fully saturated rings. The van der Waals surface area contributed by atoms with Crippen molar-refractivity contribution in [1.29, 1.82) is 0 Å². The van der Waals surface area contributed by atoms with E-state index in [1.165, 1.54) is 7.11 Å². The molecule has 7 nitrogen and oxygen atoms in total. The van der Waals surface area contributed by atoms with E-state index in [9.17, 15) is 14.4 Å². The molecule has 0 radical (unpaired) electrons. The van der Waals surface area contributed by atoms with Crippen LogP contribution in [0.25, 0.3) is 10.2 Å². The largest absolute Gasteiger partial charge is 0.494 e. The number of hydrogen-bond acceptors (Lipinski definition) is 7. The van der Waals surface area contributed by atoms with Crippen LogP contribution in [-0.4, -0.2) is 35.6 Å². The van der Waals surface area contributed by atoms with Crippen LogP contribution in [0.3, 0.4) is 0 Å². The Morgan fingerprint density at radius 1 is 0.917 bits per heavy atom. The smallest absolute Gasteiger partial charge is 0.349 e. The number of esters is 1. The molecule has 0 aliphatic carbocycles. The zero-order valence-electron chi connectivity index (χ0n) is 20.4. The number of carbonyl (C=O) groups excluding carboxylic acids is 2. The van der Waals surface area contributed by atoms with Crippen LogP contribution in [0.4, 0.5) is 0 Å². The number of methoxy groups -OCH3 is 1. The predicted octanol–water partition coefficient (Wildman–Crippen LogP) is 5.09. The fourth-order valence-corrected chi connectivity index (χ4v) is 4.73. The quantitative estimate of drug-likeness (QED) is 0.170. The summed E-state index contributed by atoms with van der Waals surface area (Å²) in [6.45, 7) is 4.20. The number of ether oxygens (including phenoxy) is 3. The summed E-state index contributed by atoms with van der Waals surface area (Å²) >= 11 is 1.14. The fourth-order valence-electron chi connectivity index (χ4n) is 3.77. The molecule has 36 heavy (non-hydrogen) atoms. The molecule has 8 heteroatoms. The van der Waals surface area contributed by atoms with E-state index in [-0.39, 0.29) is 10.7 Å². The summed E-state index contributed by atoms with van der Waals surface area (Å²) in [6, 6.07) is 21.5. The van der Waals surface area contributed by atoms with Crippen molar-refractivity contribution in [2.24, 2.45) is 0 Å². The number of carbonyl (C=O) groups is 2. The molecule has 4 aromatic rings. The van der Waals surface area contributed by atoms with Crippen LogP contribution in [0.2, 0.25) is 0 Å². The lowest BCUT2D eigenvalue weighted by atomic mass is 10.0. The molecule has 3 aromatic carbocycles. The number of benzene rings is 3. The van der Waals surface area contributed by atoms with Crippen molar-refractivity contribution in [2.75, 3.05) is 13.7 Å². The van der Waals surface area contributed by atoms with Crippen molar-refractivity contribution in [2.45, 2.75) is 32.4 Å². The summed E-state index contributed by atoms with van der Waals surface area (Å²) in [4.78, 5) is 37.0. The summed E-state index contributed by atoms with van der Waals surface area (Å²) in [5.41, 5.74) is 0.897. The summed E-state index contributed by atoms with van der Waals surface area (Å²) in [5.74, 6) is 0.658. The number of aromatic nitrogens is 1. The molecule has 0 atom stereocenters. The SMILES string of the molecule is COC(=O)C(C)(C)Oc1ccc(OCCCn2c(=O)sc3cc(C(=O)c4ccccc4)ccc32)cc1. The van der Waals surface area contributed by atoms with Gasteiger partial charge in [-0.1, -0.05) is 41.7 Å². The van der Waals surface area contributed by atoms with E-state index < -0.39 is 11.6 Å². The maximum absolute atomic E-state index is 12.7. The molecule has 1 heterocycles. The predicted molar refractivity (Wildman–Crippen MR) is 139 cm³/mol. The minimum absolute atomic E-state index is 0.0657. The van der Waals surface area contributed by atoms with Crippen LogP contribution in [-0.2, 0) is 16.1 Å². The van der Waals surface area contributed by atoms with Crippen molar-refractivity contribution in [3.8, 4) is 11.5 Å². The average Bonchev–Trinajstić information content (AvgIpc) is 3.20. The Kier molecular flexibility index (Phi) is 7.55. The summed E-state index contributed by atoms with van der Waals surface area (Å²) < 4.78 is 18.8. The third-order valence-corrected chi connectivity index (χ3v) is 6.58. The molecule has 0 aliphatic rings. The van der Waals surface area contributed by atoms with Gasteiger partial charge < -0.3 is 14.2 Å². The van der Waals surface area contributed by atoms with E-state index in [0.717, 1.165) is 21.6 Å². The Hall–Kier alpha value is -3.91. The van der Waals surface area contributed by atoms with Gasteiger partial charge in [-0.3, -0.25) is 14.2 Å². The first kappa shape index (κ1) is 25.2. The summed E-state index contributed by atoms with van der Waals surface area (Å²) in [7, 11) is 1.32. The summed E-state index contributed by atoms with van der Waals surface area (Å²) in [6.07, 6.45) is 0.629. The van der Waals surface area contributed by atoms with Gasteiger partial charge in [-0.2, -0.15) is 0 Å². The minimum atomic E-state index is -1.09. The average molecular weight is 506 g/mol. The standard InChI is InChI=1S/C28H27NO6S/c1-28(2,26(31)33-3)35-22-13-11-21(12-14-22)34-17-7-16-29-23-15-10-20(18-24(23)36-27(29)32)25(30)19-8-5-4-6-9-19/h4-6,8-15,18H,7,16-17H2,1-3H3. The Balaban J connectivity index is 1.34. The van der Waals surface area contributed by atoms with Crippen molar-refractivity contribution in [3.63, 3.8) is 0 Å². The Morgan fingerprint density at radius 2 is 1.61 bits per heavy atom. The molecule has 0 spiro atoms. The zero-order chi connectivity index (χ0) is 25.7. The van der Waals surface area contributed by atoms with Crippen LogP contribution in [0.5, 0.6) is 11.5 Å². The topological polar surface area (TPSA) is 83.8 Å². The van der Waals surface area contributed by atoms with Gasteiger partial charge in [-0.15, -0.1) is 0 Å². The Labute approximate surface area is 212 Å². The second-order valence-electron chi connectivity index (χ2n) is 8.67. The van der Waals surface area contributed by atoms with Crippen LogP contribution < -0.4 is 14.3 Å². The first-order chi connectivity index (χ1) is 17.3. The Morgan fingerprint density at radius 3 is 2.31 bits per heavy atom. The van der Waals surface area contributed by atoms with Gasteiger partial charge in [0.15, 0.2) is 11.4 Å². The fraction of sp³-hybridized carbons (Fsp3) is 0.250. The van der Waals surface area contributed by atoms with Crippen LogP contribution >= 0.6 is 11.3 Å². The maximum Gasteiger partial charge on any atom is 0.349 e.